The molecule has 2 rings (SSSR count). The normalized spacial score (nSPS) is 20.2. The van der Waals surface area contributed by atoms with Crippen LogP contribution in [0.5, 0.6) is 0 Å². The Morgan fingerprint density at radius 3 is 1.62 bits per heavy atom. The lowest BCUT2D eigenvalue weighted by atomic mass is 10.4. The van der Waals surface area contributed by atoms with Gasteiger partial charge in [-0.15, -0.1) is 0 Å². The Kier molecular flexibility index (Phi) is 3.45. The smallest absolute Gasteiger partial charge is 0.223 e. The van der Waals surface area contributed by atoms with E-state index in [0.29, 0.717) is 25.9 Å². The van der Waals surface area contributed by atoms with Crippen LogP contribution in [0.2, 0.25) is 0 Å². The minimum atomic E-state index is 0.201. The van der Waals surface area contributed by atoms with Gasteiger partial charge in [-0.2, -0.15) is 0 Å². The Morgan fingerprint density at radius 1 is 0.875 bits per heavy atom. The van der Waals surface area contributed by atoms with Gasteiger partial charge in [-0.05, 0) is 12.8 Å². The quantitative estimate of drug-likeness (QED) is 0.625. The van der Waals surface area contributed by atoms with E-state index in [-0.39, 0.29) is 11.8 Å². The zero-order chi connectivity index (χ0) is 11.4. The zero-order valence-corrected chi connectivity index (χ0v) is 9.37. The number of rotatable bonds is 2. The number of carbonyl (C=O) groups is 2. The molecule has 4 heteroatoms. The summed E-state index contributed by atoms with van der Waals surface area (Å²) in [7, 11) is 0. The van der Waals surface area contributed by atoms with E-state index >= 15 is 0 Å². The summed E-state index contributed by atoms with van der Waals surface area (Å²) < 4.78 is 0. The fourth-order valence-corrected chi connectivity index (χ4v) is 2.05. The molecule has 86 valence electrons. The monoisotopic (exact) mass is 220 g/mol. The highest BCUT2D eigenvalue weighted by atomic mass is 16.2. The summed E-state index contributed by atoms with van der Waals surface area (Å²) in [6.07, 6.45) is 3.22. The number of hydrogen-bond donors (Lipinski definition) is 0. The van der Waals surface area contributed by atoms with E-state index in [1.54, 1.807) is 9.80 Å². The summed E-state index contributed by atoms with van der Waals surface area (Å²) in [5.74, 6) is 6.33. The summed E-state index contributed by atoms with van der Waals surface area (Å²) >= 11 is 0. The number of nitrogens with zero attached hydrogens (tertiary/aromatic N) is 2. The van der Waals surface area contributed by atoms with Crippen LogP contribution in [-0.4, -0.2) is 47.8 Å². The van der Waals surface area contributed by atoms with Crippen molar-refractivity contribution in [3.05, 3.63) is 0 Å². The molecule has 0 atom stereocenters. The molecule has 0 saturated carbocycles. The Balaban J connectivity index is 1.73. The van der Waals surface area contributed by atoms with Crippen LogP contribution in [0, 0.1) is 11.8 Å². The molecule has 2 heterocycles. The molecule has 0 unspecified atom stereocenters. The molecule has 0 N–H and O–H groups in total. The van der Waals surface area contributed by atoms with Crippen LogP contribution in [0.3, 0.4) is 0 Å². The molecule has 0 aromatic rings. The summed E-state index contributed by atoms with van der Waals surface area (Å²) in [5, 5.41) is 0. The van der Waals surface area contributed by atoms with E-state index in [1.165, 1.54) is 0 Å². The molecule has 0 radical (unpaired) electrons. The lowest BCUT2D eigenvalue weighted by Gasteiger charge is -2.11. The van der Waals surface area contributed by atoms with E-state index in [0.717, 1.165) is 25.9 Å². The molecule has 2 aliphatic heterocycles. The van der Waals surface area contributed by atoms with E-state index in [4.69, 9.17) is 0 Å². The molecule has 0 aromatic carbocycles. The average molecular weight is 220 g/mol. The first-order valence-electron chi connectivity index (χ1n) is 5.78. The molecule has 2 amide bonds. The number of hydrogen-bond acceptors (Lipinski definition) is 2. The fraction of sp³-hybridized carbons (Fsp3) is 0.667. The topological polar surface area (TPSA) is 40.6 Å². The van der Waals surface area contributed by atoms with Crippen molar-refractivity contribution in [1.29, 1.82) is 0 Å². The van der Waals surface area contributed by atoms with Gasteiger partial charge < -0.3 is 9.80 Å². The molecule has 4 nitrogen and oxygen atoms in total. The van der Waals surface area contributed by atoms with Crippen LogP contribution in [0.25, 0.3) is 0 Å². The number of carbonyl (C=O) groups excluding carboxylic acids is 2. The molecule has 0 aromatic heterocycles. The van der Waals surface area contributed by atoms with Gasteiger partial charge in [-0.3, -0.25) is 9.59 Å². The van der Waals surface area contributed by atoms with E-state index in [2.05, 4.69) is 11.8 Å². The largest absolute Gasteiger partial charge is 0.332 e. The summed E-state index contributed by atoms with van der Waals surface area (Å²) in [4.78, 5) is 26.1. The van der Waals surface area contributed by atoms with Crippen molar-refractivity contribution in [2.75, 3.05) is 26.2 Å². The maximum atomic E-state index is 11.3. The third-order valence-electron chi connectivity index (χ3n) is 3.01. The van der Waals surface area contributed by atoms with Gasteiger partial charge in [0.1, 0.15) is 0 Å². The van der Waals surface area contributed by atoms with Crippen LogP contribution in [-0.2, 0) is 9.59 Å². The summed E-state index contributed by atoms with van der Waals surface area (Å²) in [6.45, 7) is 2.69. The highest BCUT2D eigenvalue weighted by Crippen LogP contribution is 2.09. The van der Waals surface area contributed by atoms with Gasteiger partial charge in [0.2, 0.25) is 11.8 Å². The summed E-state index contributed by atoms with van der Waals surface area (Å²) in [5.41, 5.74) is 0. The van der Waals surface area contributed by atoms with Crippen molar-refractivity contribution >= 4 is 11.8 Å². The van der Waals surface area contributed by atoms with Crippen molar-refractivity contribution < 1.29 is 9.59 Å². The Hall–Kier alpha value is -1.50. The maximum absolute atomic E-state index is 11.3. The molecule has 16 heavy (non-hydrogen) atoms. The van der Waals surface area contributed by atoms with Crippen LogP contribution in [0.4, 0.5) is 0 Å². The first kappa shape index (κ1) is 11.0. The van der Waals surface area contributed by atoms with Crippen molar-refractivity contribution in [1.82, 2.24) is 9.80 Å². The zero-order valence-electron chi connectivity index (χ0n) is 9.37. The first-order chi connectivity index (χ1) is 7.77. The van der Waals surface area contributed by atoms with Gasteiger partial charge >= 0.3 is 0 Å². The predicted octanol–water partition coefficient (Wildman–Crippen LogP) is 0.235. The minimum absolute atomic E-state index is 0.201. The summed E-state index contributed by atoms with van der Waals surface area (Å²) in [6, 6.07) is 0. The molecular formula is C12H16N2O2. The Bertz CT molecular complexity index is 322. The standard InChI is InChI=1S/C12H16N2O2/c15-11-5-3-9-13(11)7-1-2-8-14-10-4-6-12(14)16/h3-10H2. The highest BCUT2D eigenvalue weighted by Gasteiger charge is 2.19. The van der Waals surface area contributed by atoms with Crippen LogP contribution < -0.4 is 0 Å². The Labute approximate surface area is 95.6 Å². The highest BCUT2D eigenvalue weighted by molar-refractivity contribution is 5.78. The Morgan fingerprint density at radius 2 is 1.31 bits per heavy atom. The van der Waals surface area contributed by atoms with Gasteiger partial charge in [-0.1, -0.05) is 11.8 Å². The lowest BCUT2D eigenvalue weighted by Crippen LogP contribution is -2.26. The lowest BCUT2D eigenvalue weighted by molar-refractivity contribution is -0.128. The van der Waals surface area contributed by atoms with Crippen LogP contribution >= 0.6 is 0 Å². The molecule has 0 bridgehead atoms. The van der Waals surface area contributed by atoms with Crippen LogP contribution in [0.15, 0.2) is 0 Å². The SMILES string of the molecule is O=C1CCCN1CC#CCN1CCCC1=O. The first-order valence-corrected chi connectivity index (χ1v) is 5.78. The second-order valence-electron chi connectivity index (χ2n) is 4.19. The van der Waals surface area contributed by atoms with Gasteiger partial charge in [0.25, 0.3) is 0 Å². The molecule has 2 saturated heterocycles. The van der Waals surface area contributed by atoms with Gasteiger partial charge in [0.15, 0.2) is 0 Å². The average Bonchev–Trinajstić information content (AvgIpc) is 2.84. The maximum Gasteiger partial charge on any atom is 0.223 e. The molecule has 2 aliphatic rings. The van der Waals surface area contributed by atoms with Crippen molar-refractivity contribution in [3.8, 4) is 11.8 Å². The van der Waals surface area contributed by atoms with E-state index in [9.17, 15) is 9.59 Å². The minimum Gasteiger partial charge on any atom is -0.332 e. The van der Waals surface area contributed by atoms with Crippen molar-refractivity contribution in [3.63, 3.8) is 0 Å². The second-order valence-corrected chi connectivity index (χ2v) is 4.19. The van der Waals surface area contributed by atoms with Gasteiger partial charge in [0, 0.05) is 25.9 Å². The molecule has 2 fully saturated rings. The third kappa shape index (κ3) is 2.54. The number of amides is 2. The molecule has 0 aliphatic carbocycles. The van der Waals surface area contributed by atoms with E-state index < -0.39 is 0 Å². The van der Waals surface area contributed by atoms with E-state index in [1.807, 2.05) is 0 Å². The fourth-order valence-electron chi connectivity index (χ4n) is 2.05. The van der Waals surface area contributed by atoms with Gasteiger partial charge in [0.05, 0.1) is 13.1 Å². The predicted molar refractivity (Wildman–Crippen MR) is 59.4 cm³/mol. The number of likely N-dealkylation sites (tertiary alicyclic amines) is 2. The van der Waals surface area contributed by atoms with Crippen LogP contribution in [0.1, 0.15) is 25.7 Å². The molecule has 0 spiro atoms. The van der Waals surface area contributed by atoms with Gasteiger partial charge in [-0.25, -0.2) is 0 Å². The molecular weight excluding hydrogens is 204 g/mol. The van der Waals surface area contributed by atoms with Crippen molar-refractivity contribution in [2.24, 2.45) is 0 Å². The van der Waals surface area contributed by atoms with Crippen molar-refractivity contribution in [2.45, 2.75) is 25.7 Å². The second kappa shape index (κ2) is 5.02. The third-order valence-corrected chi connectivity index (χ3v) is 3.01.